The van der Waals surface area contributed by atoms with Gasteiger partial charge in [0.25, 0.3) is 0 Å². The van der Waals surface area contributed by atoms with E-state index in [-0.39, 0.29) is 5.91 Å². The van der Waals surface area contributed by atoms with E-state index in [1.54, 1.807) is 6.20 Å². The minimum Gasteiger partial charge on any atom is -0.367 e. The first kappa shape index (κ1) is 13.8. The van der Waals surface area contributed by atoms with Crippen molar-refractivity contribution in [3.63, 3.8) is 0 Å². The number of carbonyl (C=O) groups excluding carboxylic acids is 1. The minimum atomic E-state index is 0.0696. The average Bonchev–Trinajstić information content (AvgIpc) is 2.91. The second kappa shape index (κ2) is 7.12. The van der Waals surface area contributed by atoms with Crippen molar-refractivity contribution in [3.8, 4) is 0 Å². The van der Waals surface area contributed by atoms with Crippen LogP contribution >= 0.6 is 0 Å². The number of nitrogens with zero attached hydrogens (tertiary/aromatic N) is 1. The van der Waals surface area contributed by atoms with Crippen molar-refractivity contribution in [2.45, 2.75) is 57.9 Å². The Balaban J connectivity index is 1.82. The first-order chi connectivity index (χ1) is 9.28. The number of hydrogen-bond acceptors (Lipinski definition) is 3. The molecule has 0 atom stereocenters. The van der Waals surface area contributed by atoms with Crippen molar-refractivity contribution in [1.82, 2.24) is 4.98 Å². The standard InChI is InChI=1S/C15H23N3O/c1-2-3-8-15(19)18-13-9-10-14(16-11-13)17-12-6-4-5-7-12/h9-12H,2-8H2,1H3,(H,16,17)(H,18,19). The lowest BCUT2D eigenvalue weighted by atomic mass is 10.2. The van der Waals surface area contributed by atoms with Gasteiger partial charge >= 0.3 is 0 Å². The fourth-order valence-electron chi connectivity index (χ4n) is 2.39. The van der Waals surface area contributed by atoms with Gasteiger partial charge in [0, 0.05) is 12.5 Å². The Morgan fingerprint density at radius 3 is 2.79 bits per heavy atom. The number of hydrogen-bond donors (Lipinski definition) is 2. The third-order valence-corrected chi connectivity index (χ3v) is 3.51. The van der Waals surface area contributed by atoms with Gasteiger partial charge in [0.15, 0.2) is 0 Å². The maximum atomic E-state index is 11.6. The fourth-order valence-corrected chi connectivity index (χ4v) is 2.39. The van der Waals surface area contributed by atoms with Gasteiger partial charge in [0.1, 0.15) is 5.82 Å². The first-order valence-corrected chi connectivity index (χ1v) is 7.30. The van der Waals surface area contributed by atoms with Crippen molar-refractivity contribution >= 4 is 17.4 Å². The van der Waals surface area contributed by atoms with Crippen LogP contribution in [0.5, 0.6) is 0 Å². The van der Waals surface area contributed by atoms with Crippen LogP contribution in [0.1, 0.15) is 51.9 Å². The van der Waals surface area contributed by atoms with Gasteiger partial charge in [-0.25, -0.2) is 4.98 Å². The number of amides is 1. The van der Waals surface area contributed by atoms with Crippen LogP contribution < -0.4 is 10.6 Å². The zero-order valence-corrected chi connectivity index (χ0v) is 11.6. The van der Waals surface area contributed by atoms with Crippen LogP contribution in [-0.4, -0.2) is 16.9 Å². The Bertz CT molecular complexity index is 396. The monoisotopic (exact) mass is 261 g/mol. The van der Waals surface area contributed by atoms with Gasteiger partial charge in [-0.3, -0.25) is 4.79 Å². The lowest BCUT2D eigenvalue weighted by Gasteiger charge is -2.12. The summed E-state index contributed by atoms with van der Waals surface area (Å²) in [5, 5.41) is 6.30. The van der Waals surface area contributed by atoms with Gasteiger partial charge in [-0.05, 0) is 31.4 Å². The summed E-state index contributed by atoms with van der Waals surface area (Å²) in [4.78, 5) is 15.9. The summed E-state index contributed by atoms with van der Waals surface area (Å²) in [6.45, 7) is 2.08. The maximum Gasteiger partial charge on any atom is 0.224 e. The summed E-state index contributed by atoms with van der Waals surface area (Å²) in [5.74, 6) is 0.971. The van der Waals surface area contributed by atoms with E-state index in [4.69, 9.17) is 0 Å². The summed E-state index contributed by atoms with van der Waals surface area (Å²) >= 11 is 0. The molecule has 0 unspecified atom stereocenters. The Labute approximate surface area is 115 Å². The van der Waals surface area contributed by atoms with E-state index in [2.05, 4.69) is 22.5 Å². The zero-order valence-electron chi connectivity index (χ0n) is 11.6. The number of rotatable bonds is 6. The molecule has 0 radical (unpaired) electrons. The highest BCUT2D eigenvalue weighted by atomic mass is 16.1. The maximum absolute atomic E-state index is 11.6. The van der Waals surface area contributed by atoms with Gasteiger partial charge in [-0.2, -0.15) is 0 Å². The molecule has 1 fully saturated rings. The van der Waals surface area contributed by atoms with E-state index in [0.29, 0.717) is 12.5 Å². The summed E-state index contributed by atoms with van der Waals surface area (Å²) in [7, 11) is 0. The molecule has 0 saturated heterocycles. The highest BCUT2D eigenvalue weighted by Gasteiger charge is 2.14. The predicted octanol–water partition coefficient (Wildman–Crippen LogP) is 3.56. The second-order valence-corrected chi connectivity index (χ2v) is 5.21. The lowest BCUT2D eigenvalue weighted by molar-refractivity contribution is -0.116. The third kappa shape index (κ3) is 4.54. The van der Waals surface area contributed by atoms with Crippen LogP contribution in [0.15, 0.2) is 18.3 Å². The molecular formula is C15H23N3O. The van der Waals surface area contributed by atoms with E-state index >= 15 is 0 Å². The highest BCUT2D eigenvalue weighted by Crippen LogP contribution is 2.21. The smallest absolute Gasteiger partial charge is 0.224 e. The molecule has 0 aliphatic heterocycles. The molecule has 0 bridgehead atoms. The average molecular weight is 261 g/mol. The molecule has 1 aromatic heterocycles. The molecule has 104 valence electrons. The van der Waals surface area contributed by atoms with Crippen molar-refractivity contribution in [2.24, 2.45) is 0 Å². The molecule has 2 N–H and O–H groups in total. The topological polar surface area (TPSA) is 54.0 Å². The van der Waals surface area contributed by atoms with Crippen molar-refractivity contribution in [2.75, 3.05) is 10.6 Å². The molecule has 1 aliphatic carbocycles. The Morgan fingerprint density at radius 1 is 1.37 bits per heavy atom. The van der Waals surface area contributed by atoms with Crippen LogP contribution in [0.4, 0.5) is 11.5 Å². The molecule has 0 spiro atoms. The molecule has 1 aromatic rings. The molecule has 1 heterocycles. The molecule has 1 amide bonds. The van der Waals surface area contributed by atoms with E-state index in [0.717, 1.165) is 24.3 Å². The molecule has 1 aliphatic rings. The number of anilines is 2. The van der Waals surface area contributed by atoms with Crippen molar-refractivity contribution in [1.29, 1.82) is 0 Å². The molecule has 4 heteroatoms. The van der Waals surface area contributed by atoms with Crippen LogP contribution in [0.2, 0.25) is 0 Å². The van der Waals surface area contributed by atoms with E-state index < -0.39 is 0 Å². The molecule has 4 nitrogen and oxygen atoms in total. The number of pyridine rings is 1. The quantitative estimate of drug-likeness (QED) is 0.823. The lowest BCUT2D eigenvalue weighted by Crippen LogP contribution is -2.16. The summed E-state index contributed by atoms with van der Waals surface area (Å²) < 4.78 is 0. The normalized spacial score (nSPS) is 15.4. The van der Waals surface area contributed by atoms with Gasteiger partial charge in [-0.1, -0.05) is 26.2 Å². The van der Waals surface area contributed by atoms with Crippen molar-refractivity contribution < 1.29 is 4.79 Å². The first-order valence-electron chi connectivity index (χ1n) is 7.30. The summed E-state index contributed by atoms with van der Waals surface area (Å²) in [6, 6.07) is 4.42. The molecule has 19 heavy (non-hydrogen) atoms. The highest BCUT2D eigenvalue weighted by molar-refractivity contribution is 5.90. The second-order valence-electron chi connectivity index (χ2n) is 5.21. The SMILES string of the molecule is CCCCC(=O)Nc1ccc(NC2CCCC2)nc1. The number of nitrogens with one attached hydrogen (secondary N) is 2. The fraction of sp³-hybridized carbons (Fsp3) is 0.600. The van der Waals surface area contributed by atoms with E-state index in [1.807, 2.05) is 12.1 Å². The van der Waals surface area contributed by atoms with E-state index in [9.17, 15) is 4.79 Å². The Morgan fingerprint density at radius 2 is 2.16 bits per heavy atom. The Kier molecular flexibility index (Phi) is 5.19. The zero-order chi connectivity index (χ0) is 13.5. The van der Waals surface area contributed by atoms with Gasteiger partial charge < -0.3 is 10.6 Å². The van der Waals surface area contributed by atoms with Crippen molar-refractivity contribution in [3.05, 3.63) is 18.3 Å². The van der Waals surface area contributed by atoms with Crippen LogP contribution in [0.25, 0.3) is 0 Å². The third-order valence-electron chi connectivity index (χ3n) is 3.51. The predicted molar refractivity (Wildman–Crippen MR) is 78.3 cm³/mol. The van der Waals surface area contributed by atoms with Crippen LogP contribution in [0.3, 0.4) is 0 Å². The number of unbranched alkanes of at least 4 members (excludes halogenated alkanes) is 1. The molecule has 0 aromatic carbocycles. The number of carbonyl (C=O) groups is 1. The minimum absolute atomic E-state index is 0.0696. The number of aromatic nitrogens is 1. The summed E-state index contributed by atoms with van der Waals surface area (Å²) in [5.41, 5.74) is 0.776. The van der Waals surface area contributed by atoms with Crippen LogP contribution in [-0.2, 0) is 4.79 Å². The van der Waals surface area contributed by atoms with Crippen LogP contribution in [0, 0.1) is 0 Å². The Hall–Kier alpha value is -1.58. The van der Waals surface area contributed by atoms with Gasteiger partial charge in [-0.15, -0.1) is 0 Å². The molecular weight excluding hydrogens is 238 g/mol. The summed E-state index contributed by atoms with van der Waals surface area (Å²) in [6.07, 6.45) is 9.36. The van der Waals surface area contributed by atoms with E-state index in [1.165, 1.54) is 25.7 Å². The molecule has 1 saturated carbocycles. The largest absolute Gasteiger partial charge is 0.367 e. The van der Waals surface area contributed by atoms with Gasteiger partial charge in [0.05, 0.1) is 11.9 Å². The van der Waals surface area contributed by atoms with Gasteiger partial charge in [0.2, 0.25) is 5.91 Å². The molecule has 2 rings (SSSR count).